The van der Waals surface area contributed by atoms with Crippen LogP contribution in [0.15, 0.2) is 70.3 Å². The molecule has 0 spiro atoms. The van der Waals surface area contributed by atoms with Gasteiger partial charge >= 0.3 is 5.69 Å². The lowest BCUT2D eigenvalue weighted by molar-refractivity contribution is 0.790. The molecule has 2 aromatic heterocycles. The molecule has 0 atom stereocenters. The topological polar surface area (TPSA) is 80.6 Å². The molecule has 122 valence electrons. The molecule has 1 N–H and O–H groups in total. The van der Waals surface area contributed by atoms with Gasteiger partial charge < -0.3 is 0 Å². The molecule has 2 aromatic carbocycles. The van der Waals surface area contributed by atoms with Crippen molar-refractivity contribution < 1.29 is 0 Å². The lowest BCUT2D eigenvalue weighted by Crippen LogP contribution is -2.33. The molecule has 0 aliphatic carbocycles. The number of fused-ring (bicyclic) bond motifs is 1. The second-order valence-corrected chi connectivity index (χ2v) is 5.65. The van der Waals surface area contributed by atoms with Crippen molar-refractivity contribution in [3.05, 3.63) is 81.5 Å². The van der Waals surface area contributed by atoms with Crippen LogP contribution in [0.2, 0.25) is 0 Å². The maximum atomic E-state index is 12.7. The summed E-state index contributed by atoms with van der Waals surface area (Å²) in [5.41, 5.74) is 1.41. The number of hydrogen-bond acceptors (Lipinski definition) is 4. The number of aromatic nitrogens is 4. The number of nitrogens with zero attached hydrogens (tertiary/aromatic N) is 3. The standard InChI is InChI=1S/C19H14N4O2/c1-23-18(24)14-15(12-8-4-2-5-9-12)20-16(13-10-6-3-7-11-13)21-17(14)22-19(23)25/h2-11H,1H3,(H,20,21,22,25). The van der Waals surface area contributed by atoms with E-state index in [4.69, 9.17) is 0 Å². The molecule has 4 rings (SSSR count). The Morgan fingerprint density at radius 3 is 2.08 bits per heavy atom. The minimum atomic E-state index is -0.505. The SMILES string of the molecule is Cn1c(=O)[nH]c2nc(-c3ccccc3)nc(-c3ccccc3)c2c1=O. The molecule has 0 saturated carbocycles. The van der Waals surface area contributed by atoms with E-state index in [9.17, 15) is 9.59 Å². The number of hydrogen-bond donors (Lipinski definition) is 1. The van der Waals surface area contributed by atoms with Crippen LogP contribution in [0.4, 0.5) is 0 Å². The Kier molecular flexibility index (Phi) is 3.50. The van der Waals surface area contributed by atoms with Crippen molar-refractivity contribution in [3.63, 3.8) is 0 Å². The van der Waals surface area contributed by atoms with Gasteiger partial charge in [0.1, 0.15) is 5.39 Å². The number of benzene rings is 2. The van der Waals surface area contributed by atoms with Crippen molar-refractivity contribution in [2.75, 3.05) is 0 Å². The summed E-state index contributed by atoms with van der Waals surface area (Å²) in [7, 11) is 1.43. The van der Waals surface area contributed by atoms with Gasteiger partial charge in [-0.25, -0.2) is 14.8 Å². The summed E-state index contributed by atoms with van der Waals surface area (Å²) < 4.78 is 1.03. The van der Waals surface area contributed by atoms with Crippen molar-refractivity contribution in [1.82, 2.24) is 19.5 Å². The first-order valence-corrected chi connectivity index (χ1v) is 7.77. The fourth-order valence-corrected chi connectivity index (χ4v) is 2.72. The Morgan fingerprint density at radius 1 is 0.840 bits per heavy atom. The van der Waals surface area contributed by atoms with Crippen LogP contribution in [0.25, 0.3) is 33.7 Å². The Morgan fingerprint density at radius 2 is 1.44 bits per heavy atom. The van der Waals surface area contributed by atoms with E-state index in [1.807, 2.05) is 60.7 Å². The van der Waals surface area contributed by atoms with E-state index in [1.165, 1.54) is 7.05 Å². The zero-order valence-corrected chi connectivity index (χ0v) is 13.4. The van der Waals surface area contributed by atoms with Crippen LogP contribution in [0, 0.1) is 0 Å². The smallest absolute Gasteiger partial charge is 0.291 e. The van der Waals surface area contributed by atoms with Gasteiger partial charge in [0.05, 0.1) is 5.69 Å². The molecule has 0 unspecified atom stereocenters. The normalized spacial score (nSPS) is 10.9. The monoisotopic (exact) mass is 330 g/mol. The van der Waals surface area contributed by atoms with Crippen LogP contribution >= 0.6 is 0 Å². The molecule has 4 aromatic rings. The molecule has 0 saturated heterocycles. The lowest BCUT2D eigenvalue weighted by Gasteiger charge is -2.09. The number of H-pyrrole nitrogens is 1. The molecular formula is C19H14N4O2. The maximum absolute atomic E-state index is 12.7. The Balaban J connectivity index is 2.15. The molecule has 0 aliphatic heterocycles. The summed E-state index contributed by atoms with van der Waals surface area (Å²) >= 11 is 0. The molecule has 0 fully saturated rings. The third-order valence-electron chi connectivity index (χ3n) is 4.04. The molecule has 6 heteroatoms. The van der Waals surface area contributed by atoms with Crippen molar-refractivity contribution >= 4 is 11.0 Å². The first-order valence-electron chi connectivity index (χ1n) is 7.77. The van der Waals surface area contributed by atoms with Crippen LogP contribution in [-0.4, -0.2) is 19.5 Å². The molecule has 0 amide bonds. The highest BCUT2D eigenvalue weighted by atomic mass is 16.2. The van der Waals surface area contributed by atoms with Gasteiger partial charge in [0.15, 0.2) is 11.5 Å². The fourth-order valence-electron chi connectivity index (χ4n) is 2.72. The van der Waals surface area contributed by atoms with Gasteiger partial charge in [0.25, 0.3) is 5.56 Å². The second-order valence-electron chi connectivity index (χ2n) is 5.65. The Bertz CT molecular complexity index is 1180. The summed E-state index contributed by atoms with van der Waals surface area (Å²) in [6.07, 6.45) is 0. The van der Waals surface area contributed by atoms with E-state index in [-0.39, 0.29) is 5.65 Å². The van der Waals surface area contributed by atoms with Gasteiger partial charge in [-0.1, -0.05) is 60.7 Å². The molecule has 0 bridgehead atoms. The van der Waals surface area contributed by atoms with Gasteiger partial charge in [-0.15, -0.1) is 0 Å². The van der Waals surface area contributed by atoms with Crippen molar-refractivity contribution in [3.8, 4) is 22.6 Å². The largest absolute Gasteiger partial charge is 0.329 e. The molecule has 6 nitrogen and oxygen atoms in total. The van der Waals surface area contributed by atoms with Crippen LogP contribution in [-0.2, 0) is 7.05 Å². The van der Waals surface area contributed by atoms with Gasteiger partial charge in [0.2, 0.25) is 0 Å². The van der Waals surface area contributed by atoms with E-state index in [2.05, 4.69) is 15.0 Å². The van der Waals surface area contributed by atoms with Gasteiger partial charge in [-0.3, -0.25) is 14.3 Å². The number of nitrogens with one attached hydrogen (secondary N) is 1. The van der Waals surface area contributed by atoms with E-state index in [0.717, 1.165) is 15.7 Å². The third kappa shape index (κ3) is 2.53. The summed E-state index contributed by atoms with van der Waals surface area (Å²) in [5, 5.41) is 0.299. The third-order valence-corrected chi connectivity index (χ3v) is 4.04. The van der Waals surface area contributed by atoms with Crippen LogP contribution in [0.5, 0.6) is 0 Å². The molecular weight excluding hydrogens is 316 g/mol. The minimum Gasteiger partial charge on any atom is -0.291 e. The predicted octanol–water partition coefficient (Wildman–Crippen LogP) is 2.35. The molecule has 0 radical (unpaired) electrons. The zero-order chi connectivity index (χ0) is 17.4. The number of rotatable bonds is 2. The van der Waals surface area contributed by atoms with Crippen molar-refractivity contribution in [2.24, 2.45) is 7.05 Å². The highest BCUT2D eigenvalue weighted by Gasteiger charge is 2.16. The molecule has 25 heavy (non-hydrogen) atoms. The summed E-state index contributed by atoms with van der Waals surface area (Å²) in [6.45, 7) is 0. The van der Waals surface area contributed by atoms with Crippen LogP contribution in [0.1, 0.15) is 0 Å². The number of aromatic amines is 1. The average Bonchev–Trinajstić information content (AvgIpc) is 2.66. The van der Waals surface area contributed by atoms with Gasteiger partial charge in [0, 0.05) is 18.2 Å². The van der Waals surface area contributed by atoms with Crippen molar-refractivity contribution in [1.29, 1.82) is 0 Å². The Labute approximate surface area is 142 Å². The van der Waals surface area contributed by atoms with E-state index in [0.29, 0.717) is 16.9 Å². The predicted molar refractivity (Wildman–Crippen MR) is 96.3 cm³/mol. The highest BCUT2D eigenvalue weighted by Crippen LogP contribution is 2.25. The second kappa shape index (κ2) is 5.83. The van der Waals surface area contributed by atoms with E-state index >= 15 is 0 Å². The average molecular weight is 330 g/mol. The minimum absolute atomic E-state index is 0.237. The van der Waals surface area contributed by atoms with E-state index in [1.54, 1.807) is 0 Å². The first-order chi connectivity index (χ1) is 12.1. The quantitative estimate of drug-likeness (QED) is 0.612. The highest BCUT2D eigenvalue weighted by molar-refractivity contribution is 5.90. The lowest BCUT2D eigenvalue weighted by atomic mass is 10.1. The summed E-state index contributed by atoms with van der Waals surface area (Å²) in [4.78, 5) is 36.4. The first kappa shape index (κ1) is 15.0. The fraction of sp³-hybridized carbons (Fsp3) is 0.0526. The van der Waals surface area contributed by atoms with Gasteiger partial charge in [-0.2, -0.15) is 0 Å². The van der Waals surface area contributed by atoms with Crippen LogP contribution < -0.4 is 11.2 Å². The van der Waals surface area contributed by atoms with E-state index < -0.39 is 11.2 Å². The zero-order valence-electron chi connectivity index (χ0n) is 13.4. The summed E-state index contributed by atoms with van der Waals surface area (Å²) in [5.74, 6) is 0.454. The molecule has 0 aliphatic rings. The molecule has 2 heterocycles. The van der Waals surface area contributed by atoms with Crippen LogP contribution in [0.3, 0.4) is 0 Å². The summed E-state index contributed by atoms with van der Waals surface area (Å²) in [6, 6.07) is 18.8. The van der Waals surface area contributed by atoms with Crippen molar-refractivity contribution in [2.45, 2.75) is 0 Å². The van der Waals surface area contributed by atoms with Gasteiger partial charge in [-0.05, 0) is 0 Å². The maximum Gasteiger partial charge on any atom is 0.329 e. The Hall–Kier alpha value is -3.54.